The van der Waals surface area contributed by atoms with Gasteiger partial charge in [0.25, 0.3) is 0 Å². The number of carbonyl (C=O) groups is 1. The zero-order valence-corrected chi connectivity index (χ0v) is 13.4. The van der Waals surface area contributed by atoms with Crippen LogP contribution >= 0.6 is 0 Å². The SMILES string of the molecule is NC[C@H]1CCC[C@H]1C(=O)Nc1c(F)cccc1Oc1ccccc1. The molecule has 1 fully saturated rings. The van der Waals surface area contributed by atoms with Crippen LogP contribution in [0.25, 0.3) is 0 Å². The minimum atomic E-state index is -0.515. The second kappa shape index (κ2) is 7.45. The summed E-state index contributed by atoms with van der Waals surface area (Å²) in [5.41, 5.74) is 5.82. The number of halogens is 1. The van der Waals surface area contributed by atoms with Gasteiger partial charge in [0.2, 0.25) is 5.91 Å². The minimum absolute atomic E-state index is 0.0778. The Hall–Kier alpha value is -2.40. The first-order chi connectivity index (χ1) is 11.7. The normalized spacial score (nSPS) is 19.9. The van der Waals surface area contributed by atoms with Crippen LogP contribution in [-0.4, -0.2) is 12.5 Å². The number of carbonyl (C=O) groups excluding carboxylic acids is 1. The molecule has 5 heteroatoms. The number of amides is 1. The molecule has 0 spiro atoms. The van der Waals surface area contributed by atoms with Gasteiger partial charge in [0.15, 0.2) is 11.6 Å². The summed E-state index contributed by atoms with van der Waals surface area (Å²) >= 11 is 0. The number of ether oxygens (including phenoxy) is 1. The first-order valence-corrected chi connectivity index (χ1v) is 8.21. The number of nitrogens with two attached hydrogens (primary N) is 1. The fourth-order valence-corrected chi connectivity index (χ4v) is 3.21. The van der Waals surface area contributed by atoms with Gasteiger partial charge in [-0.3, -0.25) is 4.79 Å². The molecule has 1 aliphatic rings. The lowest BCUT2D eigenvalue weighted by molar-refractivity contribution is -0.120. The van der Waals surface area contributed by atoms with Crippen molar-refractivity contribution < 1.29 is 13.9 Å². The molecule has 0 aliphatic heterocycles. The van der Waals surface area contributed by atoms with Crippen LogP contribution in [0.5, 0.6) is 11.5 Å². The lowest BCUT2D eigenvalue weighted by Crippen LogP contribution is -2.30. The zero-order valence-electron chi connectivity index (χ0n) is 13.4. The minimum Gasteiger partial charge on any atom is -0.455 e. The van der Waals surface area contributed by atoms with E-state index in [-0.39, 0.29) is 29.2 Å². The molecule has 1 aliphatic carbocycles. The van der Waals surface area contributed by atoms with E-state index in [1.165, 1.54) is 6.07 Å². The molecule has 126 valence electrons. The standard InChI is InChI=1S/C19H21FN2O2/c20-16-10-5-11-17(24-14-7-2-1-3-8-14)18(16)22-19(23)15-9-4-6-13(15)12-21/h1-3,5,7-8,10-11,13,15H,4,6,9,12,21H2,(H,22,23)/t13-,15-/m1/s1. The molecule has 3 rings (SSSR count). The Kier molecular flexibility index (Phi) is 5.11. The van der Waals surface area contributed by atoms with Crippen molar-refractivity contribution in [2.24, 2.45) is 17.6 Å². The van der Waals surface area contributed by atoms with Crippen LogP contribution in [0.1, 0.15) is 19.3 Å². The van der Waals surface area contributed by atoms with Gasteiger partial charge in [0.1, 0.15) is 11.4 Å². The third-order valence-corrected chi connectivity index (χ3v) is 4.49. The van der Waals surface area contributed by atoms with Crippen molar-refractivity contribution in [2.45, 2.75) is 19.3 Å². The van der Waals surface area contributed by atoms with Crippen LogP contribution in [0.4, 0.5) is 10.1 Å². The first-order valence-electron chi connectivity index (χ1n) is 8.21. The van der Waals surface area contributed by atoms with E-state index in [4.69, 9.17) is 10.5 Å². The average molecular weight is 328 g/mol. The van der Waals surface area contributed by atoms with Crippen LogP contribution in [0, 0.1) is 17.7 Å². The number of hydrogen-bond acceptors (Lipinski definition) is 3. The van der Waals surface area contributed by atoms with Gasteiger partial charge < -0.3 is 15.8 Å². The summed E-state index contributed by atoms with van der Waals surface area (Å²) in [4.78, 5) is 12.6. The van der Waals surface area contributed by atoms with Crippen molar-refractivity contribution in [1.29, 1.82) is 0 Å². The summed E-state index contributed by atoms with van der Waals surface area (Å²) in [6.07, 6.45) is 2.71. The molecule has 1 amide bonds. The molecule has 0 heterocycles. The number of rotatable bonds is 5. The zero-order chi connectivity index (χ0) is 16.9. The van der Waals surface area contributed by atoms with Gasteiger partial charge in [0, 0.05) is 5.92 Å². The summed E-state index contributed by atoms with van der Waals surface area (Å²) < 4.78 is 20.0. The predicted molar refractivity (Wildman–Crippen MR) is 91.4 cm³/mol. The van der Waals surface area contributed by atoms with Crippen LogP contribution in [0.15, 0.2) is 48.5 Å². The average Bonchev–Trinajstić information content (AvgIpc) is 3.07. The molecule has 4 nitrogen and oxygen atoms in total. The molecule has 3 N–H and O–H groups in total. The van der Waals surface area contributed by atoms with Gasteiger partial charge in [-0.2, -0.15) is 0 Å². The maximum atomic E-state index is 14.3. The third-order valence-electron chi connectivity index (χ3n) is 4.49. The summed E-state index contributed by atoms with van der Waals surface area (Å²) in [5, 5.41) is 2.71. The molecule has 2 aromatic carbocycles. The lowest BCUT2D eigenvalue weighted by Gasteiger charge is -2.19. The highest BCUT2D eigenvalue weighted by molar-refractivity contribution is 5.94. The van der Waals surface area contributed by atoms with Crippen LogP contribution in [0.2, 0.25) is 0 Å². The molecule has 0 unspecified atom stereocenters. The van der Waals surface area contributed by atoms with E-state index in [0.29, 0.717) is 12.3 Å². The van der Waals surface area contributed by atoms with Crippen molar-refractivity contribution in [2.75, 3.05) is 11.9 Å². The smallest absolute Gasteiger partial charge is 0.227 e. The fourth-order valence-electron chi connectivity index (χ4n) is 3.21. The molecule has 0 saturated heterocycles. The Morgan fingerprint density at radius 2 is 1.96 bits per heavy atom. The largest absolute Gasteiger partial charge is 0.455 e. The van der Waals surface area contributed by atoms with E-state index in [9.17, 15) is 9.18 Å². The van der Waals surface area contributed by atoms with E-state index >= 15 is 0 Å². The fraction of sp³-hybridized carbons (Fsp3) is 0.316. The van der Waals surface area contributed by atoms with Crippen LogP contribution in [0.3, 0.4) is 0 Å². The molecule has 0 aromatic heterocycles. The quantitative estimate of drug-likeness (QED) is 0.874. The maximum absolute atomic E-state index is 14.3. The molecule has 0 bridgehead atoms. The van der Waals surface area contributed by atoms with Crippen molar-refractivity contribution >= 4 is 11.6 Å². The Labute approximate surface area is 140 Å². The van der Waals surface area contributed by atoms with Gasteiger partial charge in [-0.15, -0.1) is 0 Å². The highest BCUT2D eigenvalue weighted by Gasteiger charge is 2.32. The first kappa shape index (κ1) is 16.5. The molecular formula is C19H21FN2O2. The van der Waals surface area contributed by atoms with Crippen molar-refractivity contribution in [3.63, 3.8) is 0 Å². The highest BCUT2D eigenvalue weighted by Crippen LogP contribution is 2.35. The van der Waals surface area contributed by atoms with Gasteiger partial charge in [-0.05, 0) is 49.6 Å². The monoisotopic (exact) mass is 328 g/mol. The van der Waals surface area contributed by atoms with Crippen LogP contribution in [-0.2, 0) is 4.79 Å². The lowest BCUT2D eigenvalue weighted by atomic mass is 9.95. The molecule has 0 radical (unpaired) electrons. The van der Waals surface area contributed by atoms with Crippen molar-refractivity contribution in [3.05, 3.63) is 54.3 Å². The number of anilines is 1. The van der Waals surface area contributed by atoms with Crippen molar-refractivity contribution in [3.8, 4) is 11.5 Å². The molecular weight excluding hydrogens is 307 g/mol. The van der Waals surface area contributed by atoms with Gasteiger partial charge >= 0.3 is 0 Å². The van der Waals surface area contributed by atoms with E-state index in [1.54, 1.807) is 24.3 Å². The molecule has 1 saturated carbocycles. The Morgan fingerprint density at radius 1 is 1.17 bits per heavy atom. The second-order valence-electron chi connectivity index (χ2n) is 6.05. The van der Waals surface area contributed by atoms with Gasteiger partial charge in [0.05, 0.1) is 0 Å². The molecule has 2 aromatic rings. The Bertz CT molecular complexity index is 706. The summed E-state index contributed by atoms with van der Waals surface area (Å²) in [5.74, 6) is 0.163. The molecule has 24 heavy (non-hydrogen) atoms. The Balaban J connectivity index is 1.81. The number of nitrogens with one attached hydrogen (secondary N) is 1. The highest BCUT2D eigenvalue weighted by atomic mass is 19.1. The van der Waals surface area contributed by atoms with E-state index in [0.717, 1.165) is 19.3 Å². The van der Waals surface area contributed by atoms with E-state index in [1.807, 2.05) is 18.2 Å². The van der Waals surface area contributed by atoms with E-state index < -0.39 is 5.82 Å². The summed E-state index contributed by atoms with van der Waals surface area (Å²) in [6, 6.07) is 13.6. The van der Waals surface area contributed by atoms with E-state index in [2.05, 4.69) is 5.32 Å². The Morgan fingerprint density at radius 3 is 2.71 bits per heavy atom. The molecule has 2 atom stereocenters. The second-order valence-corrected chi connectivity index (χ2v) is 6.05. The van der Waals surface area contributed by atoms with Gasteiger partial charge in [-0.25, -0.2) is 4.39 Å². The van der Waals surface area contributed by atoms with Crippen molar-refractivity contribution in [1.82, 2.24) is 0 Å². The number of hydrogen-bond donors (Lipinski definition) is 2. The maximum Gasteiger partial charge on any atom is 0.227 e. The number of benzene rings is 2. The third kappa shape index (κ3) is 3.57. The topological polar surface area (TPSA) is 64.4 Å². The summed E-state index contributed by atoms with van der Waals surface area (Å²) in [6.45, 7) is 0.475. The summed E-state index contributed by atoms with van der Waals surface area (Å²) in [7, 11) is 0. The van der Waals surface area contributed by atoms with Crippen LogP contribution < -0.4 is 15.8 Å². The number of para-hydroxylation sites is 2. The predicted octanol–water partition coefficient (Wildman–Crippen LogP) is 3.93. The van der Waals surface area contributed by atoms with Gasteiger partial charge in [-0.1, -0.05) is 30.7 Å².